The highest BCUT2D eigenvalue weighted by atomic mass is 35.5. The number of rotatable bonds is 4. The van der Waals surface area contributed by atoms with Gasteiger partial charge in [0.2, 0.25) is 0 Å². The molecule has 1 aliphatic rings. The summed E-state index contributed by atoms with van der Waals surface area (Å²) in [5, 5.41) is 8.81. The van der Waals surface area contributed by atoms with Crippen LogP contribution >= 0.6 is 35.0 Å². The van der Waals surface area contributed by atoms with Crippen molar-refractivity contribution in [3.63, 3.8) is 0 Å². The number of carbonyl (C=O) groups is 1. The van der Waals surface area contributed by atoms with Crippen molar-refractivity contribution >= 4 is 52.1 Å². The van der Waals surface area contributed by atoms with Crippen molar-refractivity contribution in [2.45, 2.75) is 6.54 Å². The fraction of sp³-hybridized carbons (Fsp3) is 0.0588. The largest absolute Gasteiger partial charge is 0.303 e. The Hall–Kier alpha value is -1.95. The summed E-state index contributed by atoms with van der Waals surface area (Å²) in [6, 6.07) is 14.8. The van der Waals surface area contributed by atoms with E-state index in [1.54, 1.807) is 18.2 Å². The highest BCUT2D eigenvalue weighted by Crippen LogP contribution is 2.26. The molecule has 0 aliphatic carbocycles. The number of thioether (sulfide) groups is 1. The van der Waals surface area contributed by atoms with E-state index >= 15 is 0 Å². The molecule has 1 aliphatic heterocycles. The summed E-state index contributed by atoms with van der Waals surface area (Å²) in [5.74, 6) is -0.165. The maximum Gasteiger partial charge on any atom is 0.264 e. The molecule has 3 rings (SSSR count). The van der Waals surface area contributed by atoms with E-state index in [-0.39, 0.29) is 5.91 Å². The topological polar surface area (TPSA) is 53.5 Å². The zero-order chi connectivity index (χ0) is 16.9. The van der Waals surface area contributed by atoms with Crippen LogP contribution in [0.2, 0.25) is 10.0 Å². The molecule has 1 heterocycles. The highest BCUT2D eigenvalue weighted by molar-refractivity contribution is 8.18. The van der Waals surface area contributed by atoms with E-state index in [0.29, 0.717) is 26.7 Å². The first kappa shape index (κ1) is 16.9. The molecule has 0 bridgehead atoms. The van der Waals surface area contributed by atoms with Gasteiger partial charge >= 0.3 is 0 Å². The summed E-state index contributed by atoms with van der Waals surface area (Å²) >= 11 is 13.0. The number of hydrogen-bond acceptors (Lipinski definition) is 4. The summed E-state index contributed by atoms with van der Waals surface area (Å²) in [6.07, 6.45) is 1.80. The van der Waals surface area contributed by atoms with E-state index in [1.807, 2.05) is 36.4 Å². The van der Waals surface area contributed by atoms with Crippen molar-refractivity contribution in [2.24, 2.45) is 5.10 Å². The third-order valence-electron chi connectivity index (χ3n) is 3.20. The van der Waals surface area contributed by atoms with Crippen molar-refractivity contribution in [3.8, 4) is 0 Å². The molecular weight excluding hydrogens is 365 g/mol. The van der Waals surface area contributed by atoms with E-state index < -0.39 is 0 Å². The van der Waals surface area contributed by atoms with Crippen LogP contribution < -0.4 is 10.7 Å². The number of nitrogens with zero attached hydrogens (tertiary/aromatic N) is 1. The number of amidine groups is 1. The molecule has 0 saturated carbocycles. The van der Waals surface area contributed by atoms with Gasteiger partial charge in [-0.15, -0.1) is 0 Å². The monoisotopic (exact) mass is 377 g/mol. The van der Waals surface area contributed by atoms with Gasteiger partial charge in [0, 0.05) is 10.0 Å². The molecule has 0 aromatic heterocycles. The number of halogens is 2. The fourth-order valence-electron chi connectivity index (χ4n) is 2.00. The maximum atomic E-state index is 12.0. The maximum absolute atomic E-state index is 12.0. The number of benzene rings is 2. The Bertz CT molecular complexity index is 802. The summed E-state index contributed by atoms with van der Waals surface area (Å²) in [7, 11) is 0. The SMILES string of the molecule is O=C1N/C(=N\NCc2ccc(Cl)cc2)SC1=Cc1ccc(Cl)cc1. The van der Waals surface area contributed by atoms with Gasteiger partial charge in [0.15, 0.2) is 5.17 Å². The number of hydrogen-bond donors (Lipinski definition) is 2. The van der Waals surface area contributed by atoms with Gasteiger partial charge < -0.3 is 5.43 Å². The van der Waals surface area contributed by atoms with Crippen molar-refractivity contribution < 1.29 is 4.79 Å². The van der Waals surface area contributed by atoms with Gasteiger partial charge in [0.05, 0.1) is 11.4 Å². The molecule has 2 aromatic rings. The summed E-state index contributed by atoms with van der Waals surface area (Å²) in [6.45, 7) is 0.549. The molecule has 122 valence electrons. The van der Waals surface area contributed by atoms with Crippen LogP contribution in [0.4, 0.5) is 0 Å². The van der Waals surface area contributed by atoms with E-state index in [1.165, 1.54) is 11.8 Å². The van der Waals surface area contributed by atoms with Crippen LogP contribution in [0.5, 0.6) is 0 Å². The normalized spacial score (nSPS) is 17.3. The number of amides is 1. The second-order valence-corrected chi connectivity index (χ2v) is 6.90. The second kappa shape index (κ2) is 7.75. The Morgan fingerprint density at radius 2 is 1.67 bits per heavy atom. The van der Waals surface area contributed by atoms with E-state index in [4.69, 9.17) is 23.2 Å². The first-order chi connectivity index (χ1) is 11.6. The van der Waals surface area contributed by atoms with E-state index in [0.717, 1.165) is 11.1 Å². The number of nitrogens with one attached hydrogen (secondary N) is 2. The van der Waals surface area contributed by atoms with Crippen LogP contribution in [0.3, 0.4) is 0 Å². The molecule has 0 atom stereocenters. The number of hydrazone groups is 1. The van der Waals surface area contributed by atoms with Crippen LogP contribution in [0.15, 0.2) is 58.5 Å². The minimum atomic E-state index is -0.165. The van der Waals surface area contributed by atoms with Crippen LogP contribution in [0.25, 0.3) is 6.08 Å². The average Bonchev–Trinajstić information content (AvgIpc) is 2.91. The van der Waals surface area contributed by atoms with Crippen LogP contribution in [0, 0.1) is 0 Å². The van der Waals surface area contributed by atoms with Gasteiger partial charge in [-0.3, -0.25) is 10.1 Å². The van der Waals surface area contributed by atoms with Crippen molar-refractivity contribution in [1.82, 2.24) is 10.7 Å². The predicted molar refractivity (Wildman–Crippen MR) is 101 cm³/mol. The molecule has 7 heteroatoms. The second-order valence-electron chi connectivity index (χ2n) is 4.99. The summed E-state index contributed by atoms with van der Waals surface area (Å²) in [5.41, 5.74) is 4.90. The van der Waals surface area contributed by atoms with Crippen LogP contribution in [-0.2, 0) is 11.3 Å². The molecule has 2 N–H and O–H groups in total. The average molecular weight is 378 g/mol. The Morgan fingerprint density at radius 3 is 2.33 bits per heavy atom. The molecule has 0 spiro atoms. The molecule has 0 unspecified atom stereocenters. The minimum Gasteiger partial charge on any atom is -0.303 e. The van der Waals surface area contributed by atoms with Crippen molar-refractivity contribution in [1.29, 1.82) is 0 Å². The van der Waals surface area contributed by atoms with Crippen LogP contribution in [-0.4, -0.2) is 11.1 Å². The van der Waals surface area contributed by atoms with Gasteiger partial charge in [0.25, 0.3) is 5.91 Å². The van der Waals surface area contributed by atoms with Gasteiger partial charge in [-0.25, -0.2) is 0 Å². The molecule has 4 nitrogen and oxygen atoms in total. The van der Waals surface area contributed by atoms with Gasteiger partial charge in [-0.05, 0) is 53.2 Å². The lowest BCUT2D eigenvalue weighted by Crippen LogP contribution is -2.22. The Morgan fingerprint density at radius 1 is 1.04 bits per heavy atom. The predicted octanol–water partition coefficient (Wildman–Crippen LogP) is 4.26. The first-order valence-corrected chi connectivity index (χ1v) is 8.69. The molecule has 24 heavy (non-hydrogen) atoms. The molecular formula is C17H13Cl2N3OS. The zero-order valence-electron chi connectivity index (χ0n) is 12.4. The van der Waals surface area contributed by atoms with E-state index in [2.05, 4.69) is 15.8 Å². The third-order valence-corrected chi connectivity index (χ3v) is 4.61. The Balaban J connectivity index is 1.61. The molecule has 1 fully saturated rings. The van der Waals surface area contributed by atoms with Crippen molar-refractivity contribution in [3.05, 3.63) is 74.6 Å². The summed E-state index contributed by atoms with van der Waals surface area (Å²) < 4.78 is 0. The number of carbonyl (C=O) groups excluding carboxylic acids is 1. The molecule has 1 saturated heterocycles. The smallest absolute Gasteiger partial charge is 0.264 e. The molecule has 1 amide bonds. The van der Waals surface area contributed by atoms with Crippen molar-refractivity contribution in [2.75, 3.05) is 0 Å². The zero-order valence-corrected chi connectivity index (χ0v) is 14.8. The van der Waals surface area contributed by atoms with Gasteiger partial charge in [0.1, 0.15) is 0 Å². The third kappa shape index (κ3) is 4.54. The minimum absolute atomic E-state index is 0.165. The quantitative estimate of drug-likeness (QED) is 0.618. The highest BCUT2D eigenvalue weighted by Gasteiger charge is 2.23. The Kier molecular flexibility index (Phi) is 5.45. The Labute approximate surface area is 153 Å². The standard InChI is InChI=1S/C17H13Cl2N3OS/c18-13-5-1-11(2-6-13)9-15-16(23)21-17(24-15)22-20-10-12-3-7-14(19)8-4-12/h1-9,20H,10H2,(H,21,22,23). The van der Waals surface area contributed by atoms with E-state index in [9.17, 15) is 4.79 Å². The fourth-order valence-corrected chi connectivity index (χ4v) is 3.05. The molecule has 2 aromatic carbocycles. The molecule has 0 radical (unpaired) electrons. The van der Waals surface area contributed by atoms with Crippen LogP contribution in [0.1, 0.15) is 11.1 Å². The summed E-state index contributed by atoms with van der Waals surface area (Å²) in [4.78, 5) is 12.6. The first-order valence-electron chi connectivity index (χ1n) is 7.11. The lowest BCUT2D eigenvalue weighted by molar-refractivity contribution is -0.115. The van der Waals surface area contributed by atoms with Gasteiger partial charge in [-0.2, -0.15) is 5.10 Å². The lowest BCUT2D eigenvalue weighted by atomic mass is 10.2. The lowest BCUT2D eigenvalue weighted by Gasteiger charge is -2.01. The van der Waals surface area contributed by atoms with Gasteiger partial charge in [-0.1, -0.05) is 47.5 Å².